The minimum absolute atomic E-state index is 0.101. The monoisotopic (exact) mass is 233 g/mol. The number of hydrogen-bond acceptors (Lipinski definition) is 2. The molecular weight excluding hydrogens is 214 g/mol. The van der Waals surface area contributed by atoms with Gasteiger partial charge in [-0.2, -0.15) is 0 Å². The van der Waals surface area contributed by atoms with Crippen molar-refractivity contribution in [2.75, 3.05) is 13.2 Å². The first-order valence-corrected chi connectivity index (χ1v) is 6.30. The third-order valence-corrected chi connectivity index (χ3v) is 3.37. The van der Waals surface area contributed by atoms with E-state index in [0.29, 0.717) is 6.42 Å². The van der Waals surface area contributed by atoms with Gasteiger partial charge >= 0.3 is 0 Å². The smallest absolute Gasteiger partial charge is 0.254 e. The molecule has 1 N–H and O–H groups in total. The summed E-state index contributed by atoms with van der Waals surface area (Å²) in [6.07, 6.45) is 3.93. The minimum atomic E-state index is 0.101. The zero-order valence-electron chi connectivity index (χ0n) is 10.0. The zero-order chi connectivity index (χ0) is 12.1. The van der Waals surface area contributed by atoms with Crippen molar-refractivity contribution in [2.45, 2.75) is 31.7 Å². The lowest BCUT2D eigenvalue weighted by Crippen LogP contribution is -2.44. The van der Waals surface area contributed by atoms with E-state index in [1.165, 1.54) is 0 Å². The van der Waals surface area contributed by atoms with Crippen LogP contribution in [0, 0.1) is 0 Å². The molecule has 1 aromatic carbocycles. The van der Waals surface area contributed by atoms with Gasteiger partial charge in [0.05, 0.1) is 0 Å². The van der Waals surface area contributed by atoms with Crippen LogP contribution < -0.4 is 0 Å². The number of hydrogen-bond donors (Lipinski definition) is 1. The molecule has 1 heterocycles. The van der Waals surface area contributed by atoms with Gasteiger partial charge in [0.15, 0.2) is 0 Å². The number of aliphatic hydroxyl groups excluding tert-OH is 1. The molecule has 1 amide bonds. The molecule has 0 aromatic heterocycles. The summed E-state index contributed by atoms with van der Waals surface area (Å²) in [6, 6.07) is 9.61. The number of amides is 1. The first-order valence-electron chi connectivity index (χ1n) is 6.30. The molecule has 2 rings (SSSR count). The Labute approximate surface area is 102 Å². The summed E-state index contributed by atoms with van der Waals surface area (Å²) < 4.78 is 0. The summed E-state index contributed by atoms with van der Waals surface area (Å²) in [5.74, 6) is 0.101. The molecule has 17 heavy (non-hydrogen) atoms. The summed E-state index contributed by atoms with van der Waals surface area (Å²) >= 11 is 0. The molecule has 1 aromatic rings. The van der Waals surface area contributed by atoms with Crippen molar-refractivity contribution in [3.05, 3.63) is 35.9 Å². The molecular formula is C14H19NO2. The van der Waals surface area contributed by atoms with Crippen LogP contribution in [0.25, 0.3) is 0 Å². The van der Waals surface area contributed by atoms with Crippen LogP contribution in [0.15, 0.2) is 30.3 Å². The lowest BCUT2D eigenvalue weighted by atomic mass is 9.98. The number of aliphatic hydroxyl groups is 1. The Kier molecular flexibility index (Phi) is 4.15. The summed E-state index contributed by atoms with van der Waals surface area (Å²) in [6.45, 7) is 0.974. The lowest BCUT2D eigenvalue weighted by Gasteiger charge is -2.35. The maximum absolute atomic E-state index is 12.3. The van der Waals surface area contributed by atoms with Crippen LogP contribution >= 0.6 is 0 Å². The number of piperidine rings is 1. The van der Waals surface area contributed by atoms with Crippen molar-refractivity contribution in [1.29, 1.82) is 0 Å². The summed E-state index contributed by atoms with van der Waals surface area (Å²) in [7, 11) is 0. The van der Waals surface area contributed by atoms with Crippen LogP contribution in [-0.2, 0) is 0 Å². The Morgan fingerprint density at radius 2 is 2.06 bits per heavy atom. The highest BCUT2D eigenvalue weighted by atomic mass is 16.3. The van der Waals surface area contributed by atoms with E-state index < -0.39 is 0 Å². The van der Waals surface area contributed by atoms with Crippen LogP contribution in [0.3, 0.4) is 0 Å². The number of nitrogens with zero attached hydrogens (tertiary/aromatic N) is 1. The van der Waals surface area contributed by atoms with E-state index in [0.717, 1.165) is 31.4 Å². The van der Waals surface area contributed by atoms with Crippen molar-refractivity contribution >= 4 is 5.91 Å². The van der Waals surface area contributed by atoms with Crippen molar-refractivity contribution in [3.8, 4) is 0 Å². The first-order chi connectivity index (χ1) is 8.33. The van der Waals surface area contributed by atoms with Crippen LogP contribution in [0.5, 0.6) is 0 Å². The second kappa shape index (κ2) is 5.82. The highest BCUT2D eigenvalue weighted by molar-refractivity contribution is 5.94. The summed E-state index contributed by atoms with van der Waals surface area (Å²) in [5, 5.41) is 9.05. The Morgan fingerprint density at radius 1 is 1.29 bits per heavy atom. The van der Waals surface area contributed by atoms with Gasteiger partial charge in [0.2, 0.25) is 0 Å². The summed E-state index contributed by atoms with van der Waals surface area (Å²) in [4.78, 5) is 14.3. The van der Waals surface area contributed by atoms with E-state index in [1.54, 1.807) is 0 Å². The van der Waals surface area contributed by atoms with Crippen LogP contribution in [-0.4, -0.2) is 35.1 Å². The lowest BCUT2D eigenvalue weighted by molar-refractivity contribution is 0.0574. The van der Waals surface area contributed by atoms with Gasteiger partial charge in [-0.1, -0.05) is 18.2 Å². The molecule has 0 unspecified atom stereocenters. The van der Waals surface area contributed by atoms with Gasteiger partial charge in [0.1, 0.15) is 0 Å². The van der Waals surface area contributed by atoms with Gasteiger partial charge in [-0.25, -0.2) is 0 Å². The van der Waals surface area contributed by atoms with E-state index in [4.69, 9.17) is 5.11 Å². The van der Waals surface area contributed by atoms with Gasteiger partial charge in [-0.05, 0) is 37.8 Å². The van der Waals surface area contributed by atoms with Gasteiger partial charge in [0, 0.05) is 24.8 Å². The Bertz CT molecular complexity index is 362. The SMILES string of the molecule is O=C(c1ccccc1)N1CCCC[C@@H]1CCO. The largest absolute Gasteiger partial charge is 0.396 e. The number of carbonyl (C=O) groups excluding carboxylic acids is 1. The van der Waals surface area contributed by atoms with E-state index in [1.807, 2.05) is 35.2 Å². The molecule has 1 atom stereocenters. The zero-order valence-corrected chi connectivity index (χ0v) is 10.0. The molecule has 0 saturated carbocycles. The summed E-state index contributed by atoms with van der Waals surface area (Å²) in [5.41, 5.74) is 0.748. The minimum Gasteiger partial charge on any atom is -0.396 e. The quantitative estimate of drug-likeness (QED) is 0.868. The number of carbonyl (C=O) groups is 1. The standard InChI is InChI=1S/C14H19NO2/c16-11-9-13-8-4-5-10-15(13)14(17)12-6-2-1-3-7-12/h1-3,6-7,13,16H,4-5,8-11H2/t13-/m1/s1. The Hall–Kier alpha value is -1.35. The molecule has 0 radical (unpaired) electrons. The number of rotatable bonds is 3. The fourth-order valence-corrected chi connectivity index (χ4v) is 2.46. The van der Waals surface area contributed by atoms with E-state index >= 15 is 0 Å². The van der Waals surface area contributed by atoms with Crippen LogP contribution in [0.2, 0.25) is 0 Å². The third kappa shape index (κ3) is 2.86. The Balaban J connectivity index is 2.11. The number of benzene rings is 1. The van der Waals surface area contributed by atoms with E-state index in [-0.39, 0.29) is 18.6 Å². The van der Waals surface area contributed by atoms with Gasteiger partial charge in [0.25, 0.3) is 5.91 Å². The Morgan fingerprint density at radius 3 is 2.76 bits per heavy atom. The van der Waals surface area contributed by atoms with Gasteiger partial charge in [-0.15, -0.1) is 0 Å². The van der Waals surface area contributed by atoms with Crippen LogP contribution in [0.4, 0.5) is 0 Å². The topological polar surface area (TPSA) is 40.5 Å². The van der Waals surface area contributed by atoms with Crippen molar-refractivity contribution in [3.63, 3.8) is 0 Å². The molecule has 0 bridgehead atoms. The average molecular weight is 233 g/mol. The normalized spacial score (nSPS) is 20.3. The fraction of sp³-hybridized carbons (Fsp3) is 0.500. The second-order valence-electron chi connectivity index (χ2n) is 4.53. The predicted molar refractivity (Wildman–Crippen MR) is 66.8 cm³/mol. The molecule has 92 valence electrons. The highest BCUT2D eigenvalue weighted by Gasteiger charge is 2.26. The molecule has 0 spiro atoms. The van der Waals surface area contributed by atoms with Gasteiger partial charge < -0.3 is 10.0 Å². The average Bonchev–Trinajstić information content (AvgIpc) is 2.40. The highest BCUT2D eigenvalue weighted by Crippen LogP contribution is 2.21. The van der Waals surface area contributed by atoms with Crippen molar-refractivity contribution < 1.29 is 9.90 Å². The van der Waals surface area contributed by atoms with Gasteiger partial charge in [-0.3, -0.25) is 4.79 Å². The fourth-order valence-electron chi connectivity index (χ4n) is 2.46. The maximum Gasteiger partial charge on any atom is 0.254 e. The molecule has 3 nitrogen and oxygen atoms in total. The van der Waals surface area contributed by atoms with E-state index in [9.17, 15) is 4.79 Å². The molecule has 1 aliphatic heterocycles. The van der Waals surface area contributed by atoms with E-state index in [2.05, 4.69) is 0 Å². The third-order valence-electron chi connectivity index (χ3n) is 3.37. The molecule has 0 aliphatic carbocycles. The molecule has 1 fully saturated rings. The van der Waals surface area contributed by atoms with Crippen LogP contribution in [0.1, 0.15) is 36.0 Å². The maximum atomic E-state index is 12.3. The molecule has 1 saturated heterocycles. The second-order valence-corrected chi connectivity index (χ2v) is 4.53. The first kappa shape index (κ1) is 12.1. The molecule has 3 heteroatoms. The van der Waals surface area contributed by atoms with Crippen molar-refractivity contribution in [2.24, 2.45) is 0 Å². The van der Waals surface area contributed by atoms with Crippen molar-refractivity contribution in [1.82, 2.24) is 4.90 Å². The number of likely N-dealkylation sites (tertiary alicyclic amines) is 1. The predicted octanol–water partition coefficient (Wildman–Crippen LogP) is 2.06. The molecule has 1 aliphatic rings.